The van der Waals surface area contributed by atoms with E-state index in [1.807, 2.05) is 42.5 Å². The number of benzene rings is 2. The molecular formula is C18H15Cl2N3O. The maximum Gasteiger partial charge on any atom is 0.263 e. The summed E-state index contributed by atoms with van der Waals surface area (Å²) in [4.78, 5) is 12.0. The molecule has 0 saturated heterocycles. The maximum atomic E-state index is 12.0. The van der Waals surface area contributed by atoms with Gasteiger partial charge in [-0.25, -0.2) is 0 Å². The topological polar surface area (TPSA) is 64.9 Å². The second-order valence-electron chi connectivity index (χ2n) is 4.95. The molecule has 6 heteroatoms. The minimum Gasteiger partial charge on any atom is -0.386 e. The van der Waals surface area contributed by atoms with Crippen LogP contribution >= 0.6 is 23.2 Å². The van der Waals surface area contributed by atoms with Gasteiger partial charge in [0, 0.05) is 29.3 Å². The van der Waals surface area contributed by atoms with Crippen molar-refractivity contribution in [3.8, 4) is 6.07 Å². The number of hydrogen-bond donors (Lipinski definition) is 2. The lowest BCUT2D eigenvalue weighted by Crippen LogP contribution is -2.25. The number of carbonyl (C=O) groups is 1. The van der Waals surface area contributed by atoms with Gasteiger partial charge in [-0.2, -0.15) is 5.26 Å². The van der Waals surface area contributed by atoms with Gasteiger partial charge in [-0.1, -0.05) is 53.5 Å². The number of nitriles is 1. The van der Waals surface area contributed by atoms with Gasteiger partial charge in [-0.15, -0.1) is 0 Å². The Morgan fingerprint density at radius 3 is 2.62 bits per heavy atom. The van der Waals surface area contributed by atoms with E-state index in [0.717, 1.165) is 11.1 Å². The van der Waals surface area contributed by atoms with Gasteiger partial charge in [-0.3, -0.25) is 4.79 Å². The Balaban J connectivity index is 1.91. The Hall–Kier alpha value is -2.48. The van der Waals surface area contributed by atoms with Crippen molar-refractivity contribution in [1.82, 2.24) is 10.6 Å². The molecule has 0 aliphatic heterocycles. The van der Waals surface area contributed by atoms with Crippen LogP contribution in [0.2, 0.25) is 10.0 Å². The van der Waals surface area contributed by atoms with E-state index >= 15 is 0 Å². The molecule has 0 saturated carbocycles. The predicted molar refractivity (Wildman–Crippen MR) is 95.3 cm³/mol. The molecule has 4 nitrogen and oxygen atoms in total. The van der Waals surface area contributed by atoms with Gasteiger partial charge >= 0.3 is 0 Å². The number of carbonyl (C=O) groups excluding carboxylic acids is 1. The molecule has 2 N–H and O–H groups in total. The fourth-order valence-corrected chi connectivity index (χ4v) is 2.39. The molecule has 0 aliphatic rings. The molecule has 1 amide bonds. The van der Waals surface area contributed by atoms with Crippen molar-refractivity contribution >= 4 is 29.1 Å². The number of hydrogen-bond acceptors (Lipinski definition) is 3. The summed E-state index contributed by atoms with van der Waals surface area (Å²) in [6.07, 6.45) is 1.39. The zero-order valence-corrected chi connectivity index (χ0v) is 14.2. The third kappa shape index (κ3) is 5.31. The molecular weight excluding hydrogens is 345 g/mol. The number of amides is 1. The van der Waals surface area contributed by atoms with Crippen molar-refractivity contribution in [2.45, 2.75) is 13.1 Å². The lowest BCUT2D eigenvalue weighted by atomic mass is 10.2. The van der Waals surface area contributed by atoms with E-state index < -0.39 is 5.91 Å². The number of halogens is 2. The van der Waals surface area contributed by atoms with E-state index in [1.165, 1.54) is 6.20 Å². The van der Waals surface area contributed by atoms with Crippen LogP contribution in [0.5, 0.6) is 0 Å². The highest BCUT2D eigenvalue weighted by atomic mass is 35.5. The molecule has 0 spiro atoms. The zero-order chi connectivity index (χ0) is 17.4. The highest BCUT2D eigenvalue weighted by molar-refractivity contribution is 6.31. The SMILES string of the molecule is N#C/C(=C/NCc1cccc(Cl)c1)C(=O)NCc1ccccc1Cl. The molecule has 0 radical (unpaired) electrons. The first-order chi connectivity index (χ1) is 11.6. The largest absolute Gasteiger partial charge is 0.386 e. The van der Waals surface area contributed by atoms with Crippen molar-refractivity contribution in [2.24, 2.45) is 0 Å². The second-order valence-corrected chi connectivity index (χ2v) is 5.80. The van der Waals surface area contributed by atoms with Crippen LogP contribution in [0.4, 0.5) is 0 Å². The molecule has 2 rings (SSSR count). The summed E-state index contributed by atoms with van der Waals surface area (Å²) >= 11 is 11.9. The fraction of sp³-hybridized carbons (Fsp3) is 0.111. The summed E-state index contributed by atoms with van der Waals surface area (Å²) in [5, 5.41) is 15.9. The predicted octanol–water partition coefficient (Wildman–Crippen LogP) is 3.81. The van der Waals surface area contributed by atoms with Gasteiger partial charge in [0.2, 0.25) is 0 Å². The second kappa shape index (κ2) is 8.97. The Morgan fingerprint density at radius 1 is 1.12 bits per heavy atom. The van der Waals surface area contributed by atoms with Crippen LogP contribution in [0, 0.1) is 11.3 Å². The molecule has 2 aromatic rings. The van der Waals surface area contributed by atoms with Crippen LogP contribution in [-0.4, -0.2) is 5.91 Å². The first-order valence-corrected chi connectivity index (χ1v) is 7.95. The molecule has 0 heterocycles. The summed E-state index contributed by atoms with van der Waals surface area (Å²) in [7, 11) is 0. The fourth-order valence-electron chi connectivity index (χ4n) is 1.98. The van der Waals surface area contributed by atoms with Gasteiger partial charge in [0.15, 0.2) is 0 Å². The van der Waals surface area contributed by atoms with Gasteiger partial charge in [0.05, 0.1) is 0 Å². The Kier molecular flexibility index (Phi) is 6.68. The lowest BCUT2D eigenvalue weighted by Gasteiger charge is -2.07. The van der Waals surface area contributed by atoms with Crippen LogP contribution in [0.3, 0.4) is 0 Å². The van der Waals surface area contributed by atoms with Crippen molar-refractivity contribution in [1.29, 1.82) is 5.26 Å². The molecule has 24 heavy (non-hydrogen) atoms. The normalized spacial score (nSPS) is 10.8. The standard InChI is InChI=1S/C18H15Cl2N3O/c19-16-6-3-4-13(8-16)10-22-11-15(9-21)18(24)23-12-14-5-1-2-7-17(14)20/h1-8,11,22H,10,12H2,(H,23,24)/b15-11-. The van der Waals surface area contributed by atoms with Crippen LogP contribution < -0.4 is 10.6 Å². The van der Waals surface area contributed by atoms with E-state index in [1.54, 1.807) is 12.1 Å². The van der Waals surface area contributed by atoms with Gasteiger partial charge in [-0.05, 0) is 29.3 Å². The molecule has 0 bridgehead atoms. The first kappa shape index (κ1) is 17.9. The third-order valence-corrected chi connectivity index (χ3v) is 3.81. The molecule has 0 atom stereocenters. The van der Waals surface area contributed by atoms with E-state index in [9.17, 15) is 4.79 Å². The van der Waals surface area contributed by atoms with Crippen molar-refractivity contribution in [3.05, 3.63) is 81.5 Å². The van der Waals surface area contributed by atoms with E-state index in [4.69, 9.17) is 28.5 Å². The van der Waals surface area contributed by atoms with E-state index in [0.29, 0.717) is 16.6 Å². The Labute approximate surface area is 150 Å². The molecule has 0 unspecified atom stereocenters. The van der Waals surface area contributed by atoms with Crippen molar-refractivity contribution < 1.29 is 4.79 Å². The number of nitrogens with one attached hydrogen (secondary N) is 2. The summed E-state index contributed by atoms with van der Waals surface area (Å²) in [6.45, 7) is 0.718. The highest BCUT2D eigenvalue weighted by Crippen LogP contribution is 2.14. The molecule has 122 valence electrons. The molecule has 0 aromatic heterocycles. The number of rotatable bonds is 6. The quantitative estimate of drug-likeness (QED) is 0.608. The van der Waals surface area contributed by atoms with E-state index in [-0.39, 0.29) is 12.1 Å². The van der Waals surface area contributed by atoms with Crippen LogP contribution in [0.15, 0.2) is 60.3 Å². The Morgan fingerprint density at radius 2 is 1.92 bits per heavy atom. The highest BCUT2D eigenvalue weighted by Gasteiger charge is 2.09. The summed E-state index contributed by atoms with van der Waals surface area (Å²) in [5.41, 5.74) is 1.73. The summed E-state index contributed by atoms with van der Waals surface area (Å²) in [6, 6.07) is 16.4. The Bertz CT molecular complexity index is 797. The smallest absolute Gasteiger partial charge is 0.263 e. The van der Waals surface area contributed by atoms with Gasteiger partial charge < -0.3 is 10.6 Å². The molecule has 0 fully saturated rings. The minimum atomic E-state index is -0.462. The lowest BCUT2D eigenvalue weighted by molar-refractivity contribution is -0.117. The maximum absolute atomic E-state index is 12.0. The number of nitrogens with zero attached hydrogens (tertiary/aromatic N) is 1. The molecule has 0 aliphatic carbocycles. The first-order valence-electron chi connectivity index (χ1n) is 7.20. The summed E-state index contributed by atoms with van der Waals surface area (Å²) in [5.74, 6) is -0.462. The average molecular weight is 360 g/mol. The zero-order valence-electron chi connectivity index (χ0n) is 12.7. The monoisotopic (exact) mass is 359 g/mol. The summed E-state index contributed by atoms with van der Waals surface area (Å²) < 4.78 is 0. The van der Waals surface area contributed by atoms with Crippen LogP contribution in [-0.2, 0) is 17.9 Å². The van der Waals surface area contributed by atoms with Crippen LogP contribution in [0.25, 0.3) is 0 Å². The van der Waals surface area contributed by atoms with Crippen LogP contribution in [0.1, 0.15) is 11.1 Å². The minimum absolute atomic E-state index is 0.0101. The van der Waals surface area contributed by atoms with Gasteiger partial charge in [0.25, 0.3) is 5.91 Å². The van der Waals surface area contributed by atoms with Crippen molar-refractivity contribution in [2.75, 3.05) is 0 Å². The molecule has 2 aromatic carbocycles. The third-order valence-electron chi connectivity index (χ3n) is 3.20. The average Bonchev–Trinajstić information content (AvgIpc) is 2.58. The van der Waals surface area contributed by atoms with Gasteiger partial charge in [0.1, 0.15) is 11.6 Å². The van der Waals surface area contributed by atoms with Crippen molar-refractivity contribution in [3.63, 3.8) is 0 Å². The van der Waals surface area contributed by atoms with E-state index in [2.05, 4.69) is 10.6 Å².